The molecule has 3 aliphatic rings. The molecule has 1 aliphatic heterocycles. The third-order valence-electron chi connectivity index (χ3n) is 6.07. The van der Waals surface area contributed by atoms with E-state index in [2.05, 4.69) is 13.8 Å². The molecule has 1 amide bonds. The molecular weight excluding hydrogens is 242 g/mol. The first kappa shape index (κ1) is 12.9. The monoisotopic (exact) mass is 265 g/mol. The van der Waals surface area contributed by atoms with Crippen molar-refractivity contribution in [1.82, 2.24) is 4.90 Å². The highest BCUT2D eigenvalue weighted by Crippen LogP contribution is 2.57. The number of carboxylic acid groups (broad SMARTS) is 1. The summed E-state index contributed by atoms with van der Waals surface area (Å²) in [5, 5.41) is 9.54. The second-order valence-electron chi connectivity index (χ2n) is 7.03. The minimum absolute atomic E-state index is 0.141. The number of hydrogen-bond donors (Lipinski definition) is 1. The van der Waals surface area contributed by atoms with Crippen molar-refractivity contribution >= 4 is 11.9 Å². The summed E-state index contributed by atoms with van der Waals surface area (Å²) < 4.78 is 0. The van der Waals surface area contributed by atoms with Crippen molar-refractivity contribution in [1.29, 1.82) is 0 Å². The molecule has 2 saturated carbocycles. The van der Waals surface area contributed by atoms with Crippen LogP contribution in [0.25, 0.3) is 0 Å². The van der Waals surface area contributed by atoms with Gasteiger partial charge in [-0.2, -0.15) is 0 Å². The van der Waals surface area contributed by atoms with Crippen LogP contribution in [0.4, 0.5) is 0 Å². The lowest BCUT2D eigenvalue weighted by Crippen LogP contribution is -2.38. The fourth-order valence-corrected chi connectivity index (χ4v) is 4.21. The molecule has 1 heterocycles. The summed E-state index contributed by atoms with van der Waals surface area (Å²) in [6, 6.07) is 0. The number of carbonyl (C=O) groups excluding carboxylic acids is 1. The number of carboxylic acids is 1. The van der Waals surface area contributed by atoms with Crippen LogP contribution in [-0.4, -0.2) is 35.0 Å². The van der Waals surface area contributed by atoms with Crippen molar-refractivity contribution < 1.29 is 14.7 Å². The maximum atomic E-state index is 12.5. The molecule has 0 aromatic heterocycles. The molecule has 0 aromatic carbocycles. The van der Waals surface area contributed by atoms with Gasteiger partial charge >= 0.3 is 5.97 Å². The van der Waals surface area contributed by atoms with E-state index in [1.54, 1.807) is 0 Å². The summed E-state index contributed by atoms with van der Waals surface area (Å²) in [5.74, 6) is -0.165. The predicted molar refractivity (Wildman–Crippen MR) is 70.5 cm³/mol. The number of amides is 1. The van der Waals surface area contributed by atoms with Gasteiger partial charge in [-0.25, -0.2) is 0 Å². The van der Waals surface area contributed by atoms with Gasteiger partial charge in [0.2, 0.25) is 5.91 Å². The average Bonchev–Trinajstić information content (AvgIpc) is 2.73. The van der Waals surface area contributed by atoms with Gasteiger partial charge in [-0.05, 0) is 37.0 Å². The molecule has 3 rings (SSSR count). The Bertz CT molecular complexity index is 435. The molecular formula is C15H23NO3. The predicted octanol–water partition coefficient (Wildman–Crippen LogP) is 2.14. The summed E-state index contributed by atoms with van der Waals surface area (Å²) in [6.07, 6.45) is 4.71. The van der Waals surface area contributed by atoms with Crippen LogP contribution in [0.1, 0.15) is 46.0 Å². The number of nitrogens with zero attached hydrogens (tertiary/aromatic N) is 1. The molecule has 19 heavy (non-hydrogen) atoms. The van der Waals surface area contributed by atoms with E-state index in [9.17, 15) is 14.7 Å². The molecule has 3 fully saturated rings. The van der Waals surface area contributed by atoms with E-state index in [0.29, 0.717) is 13.1 Å². The zero-order chi connectivity index (χ0) is 13.8. The Morgan fingerprint density at radius 3 is 2.68 bits per heavy atom. The molecule has 1 N–H and O–H groups in total. The number of carbonyl (C=O) groups is 2. The molecule has 4 nitrogen and oxygen atoms in total. The fraction of sp³-hybridized carbons (Fsp3) is 0.867. The first-order chi connectivity index (χ1) is 8.93. The number of likely N-dealkylation sites (tertiary alicyclic amines) is 1. The van der Waals surface area contributed by atoms with Gasteiger partial charge in [0.25, 0.3) is 0 Å². The van der Waals surface area contributed by atoms with Gasteiger partial charge in [0, 0.05) is 19.0 Å². The minimum atomic E-state index is -0.695. The largest absolute Gasteiger partial charge is 0.481 e. The highest BCUT2D eigenvalue weighted by Gasteiger charge is 2.60. The molecule has 4 heteroatoms. The molecule has 4 atom stereocenters. The molecule has 0 bridgehead atoms. The lowest BCUT2D eigenvalue weighted by molar-refractivity contribution is -0.149. The lowest BCUT2D eigenvalue weighted by atomic mass is 9.81. The molecule has 0 spiro atoms. The third-order valence-corrected chi connectivity index (χ3v) is 6.07. The molecule has 0 radical (unpaired) electrons. The number of fused-ring (bicyclic) bond motifs is 1. The van der Waals surface area contributed by atoms with Crippen LogP contribution in [0, 0.1) is 22.7 Å². The lowest BCUT2D eigenvalue weighted by Gasteiger charge is -2.23. The van der Waals surface area contributed by atoms with Gasteiger partial charge in [0.15, 0.2) is 0 Å². The van der Waals surface area contributed by atoms with Crippen LogP contribution in [0.15, 0.2) is 0 Å². The second-order valence-corrected chi connectivity index (χ2v) is 7.03. The Balaban J connectivity index is 1.73. The van der Waals surface area contributed by atoms with Crippen molar-refractivity contribution in [2.75, 3.05) is 13.1 Å². The molecule has 0 aromatic rings. The van der Waals surface area contributed by atoms with Crippen LogP contribution in [0.3, 0.4) is 0 Å². The zero-order valence-corrected chi connectivity index (χ0v) is 11.8. The van der Waals surface area contributed by atoms with E-state index in [1.165, 1.54) is 0 Å². The van der Waals surface area contributed by atoms with Crippen molar-refractivity contribution in [3.8, 4) is 0 Å². The van der Waals surface area contributed by atoms with Crippen LogP contribution >= 0.6 is 0 Å². The molecule has 2 unspecified atom stereocenters. The van der Waals surface area contributed by atoms with Crippen molar-refractivity contribution in [3.63, 3.8) is 0 Å². The molecule has 106 valence electrons. The Labute approximate surface area is 114 Å². The first-order valence-corrected chi connectivity index (χ1v) is 7.45. The second kappa shape index (κ2) is 3.97. The van der Waals surface area contributed by atoms with Crippen molar-refractivity contribution in [2.45, 2.75) is 46.0 Å². The highest BCUT2D eigenvalue weighted by molar-refractivity contribution is 5.85. The normalized spacial score (nSPS) is 44.2. The van der Waals surface area contributed by atoms with E-state index in [-0.39, 0.29) is 23.2 Å². The SMILES string of the molecule is CCC1(C)CC1C(=O)N1C[C@@H]2CCC[C@@]2(C(=O)O)C1. The maximum Gasteiger partial charge on any atom is 0.311 e. The van der Waals surface area contributed by atoms with Crippen molar-refractivity contribution in [2.24, 2.45) is 22.7 Å². The van der Waals surface area contributed by atoms with E-state index < -0.39 is 11.4 Å². The van der Waals surface area contributed by atoms with Gasteiger partial charge in [-0.1, -0.05) is 20.3 Å². The summed E-state index contributed by atoms with van der Waals surface area (Å²) in [5.41, 5.74) is -0.460. The van der Waals surface area contributed by atoms with E-state index in [0.717, 1.165) is 32.1 Å². The number of aliphatic carboxylic acids is 1. The third kappa shape index (κ3) is 1.72. The van der Waals surface area contributed by atoms with Gasteiger partial charge in [-0.3, -0.25) is 9.59 Å². The Hall–Kier alpha value is -1.06. The number of rotatable bonds is 3. The summed E-state index contributed by atoms with van der Waals surface area (Å²) in [4.78, 5) is 26.0. The summed E-state index contributed by atoms with van der Waals surface area (Å²) in [7, 11) is 0. The van der Waals surface area contributed by atoms with Gasteiger partial charge in [0.1, 0.15) is 0 Å². The average molecular weight is 265 g/mol. The Kier molecular flexibility index (Phi) is 2.70. The highest BCUT2D eigenvalue weighted by atomic mass is 16.4. The quantitative estimate of drug-likeness (QED) is 0.850. The van der Waals surface area contributed by atoms with Crippen molar-refractivity contribution in [3.05, 3.63) is 0 Å². The van der Waals surface area contributed by atoms with Crippen LogP contribution < -0.4 is 0 Å². The van der Waals surface area contributed by atoms with Gasteiger partial charge in [-0.15, -0.1) is 0 Å². The molecule has 1 saturated heterocycles. The van der Waals surface area contributed by atoms with Gasteiger partial charge in [0.05, 0.1) is 5.41 Å². The Morgan fingerprint density at radius 1 is 1.42 bits per heavy atom. The smallest absolute Gasteiger partial charge is 0.311 e. The first-order valence-electron chi connectivity index (χ1n) is 7.45. The van der Waals surface area contributed by atoms with Gasteiger partial charge < -0.3 is 10.0 Å². The van der Waals surface area contributed by atoms with E-state index in [4.69, 9.17) is 0 Å². The summed E-state index contributed by atoms with van der Waals surface area (Å²) >= 11 is 0. The fourth-order valence-electron chi connectivity index (χ4n) is 4.21. The van der Waals surface area contributed by atoms with E-state index in [1.807, 2.05) is 4.90 Å². The Morgan fingerprint density at radius 2 is 2.16 bits per heavy atom. The summed E-state index contributed by atoms with van der Waals surface area (Å²) in [6.45, 7) is 5.41. The maximum absolute atomic E-state index is 12.5. The standard InChI is InChI=1S/C15H23NO3/c1-3-14(2)7-11(14)12(17)16-8-10-5-4-6-15(10,9-16)13(18)19/h10-11H,3-9H2,1-2H3,(H,18,19)/t10-,11?,14?,15+/m0/s1. The number of hydrogen-bond acceptors (Lipinski definition) is 2. The minimum Gasteiger partial charge on any atom is -0.481 e. The van der Waals surface area contributed by atoms with Crippen LogP contribution in [-0.2, 0) is 9.59 Å². The molecule has 2 aliphatic carbocycles. The van der Waals surface area contributed by atoms with E-state index >= 15 is 0 Å². The van der Waals surface area contributed by atoms with Crippen LogP contribution in [0.2, 0.25) is 0 Å². The zero-order valence-electron chi connectivity index (χ0n) is 11.8. The van der Waals surface area contributed by atoms with Crippen LogP contribution in [0.5, 0.6) is 0 Å². The topological polar surface area (TPSA) is 57.6 Å².